The topological polar surface area (TPSA) is 113 Å². The van der Waals surface area contributed by atoms with Crippen molar-refractivity contribution in [3.63, 3.8) is 0 Å². The van der Waals surface area contributed by atoms with Crippen molar-refractivity contribution in [3.8, 4) is 0 Å². The Hall–Kier alpha value is -1.14. The van der Waals surface area contributed by atoms with Crippen LogP contribution in [-0.2, 0) is 9.59 Å². The molecule has 1 saturated carbocycles. The maximum atomic E-state index is 11.8. The van der Waals surface area contributed by atoms with E-state index in [4.69, 9.17) is 15.9 Å². The molecule has 1 fully saturated rings. The molecule has 6 nitrogen and oxygen atoms in total. The summed E-state index contributed by atoms with van der Waals surface area (Å²) in [5.41, 5.74) is 5.20. The van der Waals surface area contributed by atoms with Gasteiger partial charge >= 0.3 is 5.97 Å². The van der Waals surface area contributed by atoms with Crippen LogP contribution in [0.1, 0.15) is 26.2 Å². The lowest BCUT2D eigenvalue weighted by Crippen LogP contribution is -2.49. The second-order valence-electron chi connectivity index (χ2n) is 4.48. The highest BCUT2D eigenvalue weighted by Crippen LogP contribution is 2.36. The first-order chi connectivity index (χ1) is 7.38. The second kappa shape index (κ2) is 4.80. The fraction of sp³-hybridized carbons (Fsp3) is 0.800. The molecule has 1 amide bonds. The summed E-state index contributed by atoms with van der Waals surface area (Å²) >= 11 is 0. The summed E-state index contributed by atoms with van der Waals surface area (Å²) in [6.45, 7) is 1.49. The van der Waals surface area contributed by atoms with Gasteiger partial charge in [0.05, 0.1) is 12.0 Å². The quantitative estimate of drug-likeness (QED) is 0.498. The van der Waals surface area contributed by atoms with Crippen molar-refractivity contribution in [2.24, 2.45) is 11.1 Å². The van der Waals surface area contributed by atoms with Gasteiger partial charge in [0, 0.05) is 6.04 Å². The molecule has 0 radical (unpaired) electrons. The number of amides is 1. The van der Waals surface area contributed by atoms with E-state index >= 15 is 0 Å². The van der Waals surface area contributed by atoms with Crippen molar-refractivity contribution in [1.82, 2.24) is 5.32 Å². The summed E-state index contributed by atoms with van der Waals surface area (Å²) in [7, 11) is 0. The molecule has 92 valence electrons. The van der Waals surface area contributed by atoms with Gasteiger partial charge in [-0.05, 0) is 19.8 Å². The highest BCUT2D eigenvalue weighted by atomic mass is 16.4. The van der Waals surface area contributed by atoms with Crippen LogP contribution in [0.3, 0.4) is 0 Å². The van der Waals surface area contributed by atoms with E-state index in [1.165, 1.54) is 0 Å². The molecule has 2 unspecified atom stereocenters. The number of nitrogens with one attached hydrogen (secondary N) is 1. The van der Waals surface area contributed by atoms with E-state index < -0.39 is 17.5 Å². The minimum absolute atomic E-state index is 0.200. The highest BCUT2D eigenvalue weighted by Gasteiger charge is 2.42. The molecular formula is C10H18N2O4. The number of carbonyl (C=O) groups excluding carboxylic acids is 1. The standard InChI is InChI=1S/C10H18N2O4/c1-10(4-2-3-7(10)11)9(16)12-5-6(13)8(14)15/h6-7,13H,2-5,11H2,1H3,(H,12,16)(H,14,15)/t6-,7?,10?/m0/s1. The summed E-state index contributed by atoms with van der Waals surface area (Å²) in [6, 6.07) is -0.200. The number of hydrogen-bond donors (Lipinski definition) is 4. The SMILES string of the molecule is CC1(C(=O)NC[C@H](O)C(=O)O)CCCC1N. The summed E-state index contributed by atoms with van der Waals surface area (Å²) in [4.78, 5) is 22.2. The van der Waals surface area contributed by atoms with Gasteiger partial charge in [-0.15, -0.1) is 0 Å². The third-order valence-electron chi connectivity index (χ3n) is 3.29. The molecule has 0 aliphatic heterocycles. The average molecular weight is 230 g/mol. The van der Waals surface area contributed by atoms with Gasteiger partial charge in [0.2, 0.25) is 5.91 Å². The molecule has 1 rings (SSSR count). The molecule has 0 bridgehead atoms. The Morgan fingerprint density at radius 3 is 2.69 bits per heavy atom. The predicted molar refractivity (Wildman–Crippen MR) is 56.6 cm³/mol. The van der Waals surface area contributed by atoms with Crippen LogP contribution in [0, 0.1) is 5.41 Å². The lowest BCUT2D eigenvalue weighted by molar-refractivity contribution is -0.146. The maximum absolute atomic E-state index is 11.8. The molecule has 1 aliphatic carbocycles. The summed E-state index contributed by atoms with van der Waals surface area (Å²) in [5.74, 6) is -1.63. The fourth-order valence-corrected chi connectivity index (χ4v) is 1.95. The summed E-state index contributed by atoms with van der Waals surface area (Å²) in [5, 5.41) is 19.9. The molecular weight excluding hydrogens is 212 g/mol. The zero-order valence-corrected chi connectivity index (χ0v) is 9.27. The van der Waals surface area contributed by atoms with Gasteiger partial charge in [-0.3, -0.25) is 4.79 Å². The molecule has 0 aromatic rings. The Morgan fingerprint density at radius 2 is 2.25 bits per heavy atom. The molecule has 16 heavy (non-hydrogen) atoms. The zero-order chi connectivity index (χ0) is 12.3. The van der Waals surface area contributed by atoms with E-state index in [-0.39, 0.29) is 18.5 Å². The number of nitrogens with two attached hydrogens (primary N) is 1. The van der Waals surface area contributed by atoms with Crippen molar-refractivity contribution in [2.75, 3.05) is 6.54 Å². The number of rotatable bonds is 4. The van der Waals surface area contributed by atoms with Crippen LogP contribution in [0.25, 0.3) is 0 Å². The third kappa shape index (κ3) is 2.51. The van der Waals surface area contributed by atoms with Crippen LogP contribution in [0.2, 0.25) is 0 Å². The van der Waals surface area contributed by atoms with Gasteiger partial charge in [-0.25, -0.2) is 4.79 Å². The number of aliphatic hydroxyl groups excluding tert-OH is 1. The molecule has 5 N–H and O–H groups in total. The van der Waals surface area contributed by atoms with Crippen LogP contribution >= 0.6 is 0 Å². The van der Waals surface area contributed by atoms with Gasteiger partial charge < -0.3 is 21.3 Å². The number of aliphatic carboxylic acids is 1. The van der Waals surface area contributed by atoms with E-state index in [1.54, 1.807) is 6.92 Å². The summed E-state index contributed by atoms with van der Waals surface area (Å²) in [6.07, 6.45) is 0.825. The molecule has 3 atom stereocenters. The first kappa shape index (κ1) is 12.9. The van der Waals surface area contributed by atoms with Crippen molar-refractivity contribution in [1.29, 1.82) is 0 Å². The predicted octanol–water partition coefficient (Wildman–Crippen LogP) is -0.934. The number of aliphatic hydroxyl groups is 1. The molecule has 0 saturated heterocycles. The smallest absolute Gasteiger partial charge is 0.334 e. The zero-order valence-electron chi connectivity index (χ0n) is 9.27. The van der Waals surface area contributed by atoms with Crippen molar-refractivity contribution >= 4 is 11.9 Å². The fourth-order valence-electron chi connectivity index (χ4n) is 1.95. The van der Waals surface area contributed by atoms with E-state index in [1.807, 2.05) is 0 Å². The molecule has 6 heteroatoms. The Labute approximate surface area is 93.8 Å². The Balaban J connectivity index is 2.49. The monoisotopic (exact) mass is 230 g/mol. The maximum Gasteiger partial charge on any atom is 0.334 e. The molecule has 1 aliphatic rings. The van der Waals surface area contributed by atoms with Gasteiger partial charge in [0.15, 0.2) is 6.10 Å². The minimum Gasteiger partial charge on any atom is -0.479 e. The van der Waals surface area contributed by atoms with E-state index in [0.29, 0.717) is 6.42 Å². The number of carboxylic acids is 1. The van der Waals surface area contributed by atoms with E-state index in [2.05, 4.69) is 5.32 Å². The largest absolute Gasteiger partial charge is 0.479 e. The number of hydrogen-bond acceptors (Lipinski definition) is 4. The number of carbonyl (C=O) groups is 2. The van der Waals surface area contributed by atoms with Crippen LogP contribution < -0.4 is 11.1 Å². The lowest BCUT2D eigenvalue weighted by Gasteiger charge is -2.27. The van der Waals surface area contributed by atoms with Gasteiger partial charge in [-0.2, -0.15) is 0 Å². The van der Waals surface area contributed by atoms with Crippen LogP contribution in [0.4, 0.5) is 0 Å². The van der Waals surface area contributed by atoms with Crippen LogP contribution in [0.15, 0.2) is 0 Å². The Morgan fingerprint density at radius 1 is 1.62 bits per heavy atom. The van der Waals surface area contributed by atoms with Crippen molar-refractivity contribution < 1.29 is 19.8 Å². The van der Waals surface area contributed by atoms with Gasteiger partial charge in [0.1, 0.15) is 0 Å². The Bertz CT molecular complexity index is 295. The first-order valence-corrected chi connectivity index (χ1v) is 5.32. The molecule has 0 aromatic heterocycles. The summed E-state index contributed by atoms with van der Waals surface area (Å²) < 4.78 is 0. The van der Waals surface area contributed by atoms with Gasteiger partial charge in [0.25, 0.3) is 0 Å². The van der Waals surface area contributed by atoms with Gasteiger partial charge in [-0.1, -0.05) is 6.42 Å². The Kier molecular flexibility index (Phi) is 3.88. The third-order valence-corrected chi connectivity index (χ3v) is 3.29. The van der Waals surface area contributed by atoms with E-state index in [9.17, 15) is 9.59 Å². The van der Waals surface area contributed by atoms with Crippen LogP contribution in [0.5, 0.6) is 0 Å². The average Bonchev–Trinajstić information content (AvgIpc) is 2.56. The minimum atomic E-state index is -1.56. The molecule has 0 aromatic carbocycles. The van der Waals surface area contributed by atoms with Crippen LogP contribution in [-0.4, -0.2) is 40.8 Å². The highest BCUT2D eigenvalue weighted by molar-refractivity contribution is 5.84. The molecule has 0 heterocycles. The van der Waals surface area contributed by atoms with Crippen molar-refractivity contribution in [3.05, 3.63) is 0 Å². The van der Waals surface area contributed by atoms with E-state index in [0.717, 1.165) is 12.8 Å². The number of carboxylic acid groups (broad SMARTS) is 1. The first-order valence-electron chi connectivity index (χ1n) is 5.32. The lowest BCUT2D eigenvalue weighted by atomic mass is 9.84. The normalized spacial score (nSPS) is 31.1. The van der Waals surface area contributed by atoms with Crippen molar-refractivity contribution in [2.45, 2.75) is 38.3 Å². The molecule has 0 spiro atoms. The second-order valence-corrected chi connectivity index (χ2v) is 4.48.